The molecule has 0 atom stereocenters. The Balaban J connectivity index is 1.43. The van der Waals surface area contributed by atoms with Gasteiger partial charge in [0.2, 0.25) is 5.91 Å². The van der Waals surface area contributed by atoms with Crippen LogP contribution in [0.4, 0.5) is 11.5 Å². The van der Waals surface area contributed by atoms with Gasteiger partial charge in [-0.1, -0.05) is 13.0 Å². The molecule has 7 heteroatoms. The van der Waals surface area contributed by atoms with Crippen LogP contribution in [0.3, 0.4) is 0 Å². The molecule has 1 N–H and O–H groups in total. The summed E-state index contributed by atoms with van der Waals surface area (Å²) < 4.78 is 1.77. The van der Waals surface area contributed by atoms with Crippen molar-refractivity contribution in [3.63, 3.8) is 0 Å². The van der Waals surface area contributed by atoms with Crippen LogP contribution in [0.2, 0.25) is 0 Å². The fourth-order valence-electron chi connectivity index (χ4n) is 3.65. The van der Waals surface area contributed by atoms with Gasteiger partial charge in [0.15, 0.2) is 11.5 Å². The van der Waals surface area contributed by atoms with Crippen molar-refractivity contribution in [3.05, 3.63) is 47.3 Å². The summed E-state index contributed by atoms with van der Waals surface area (Å²) in [6, 6.07) is 9.90. The molecule has 3 heterocycles. The Morgan fingerprint density at radius 1 is 1.10 bits per heavy atom. The zero-order chi connectivity index (χ0) is 20.4. The third-order valence-electron chi connectivity index (χ3n) is 5.79. The Morgan fingerprint density at radius 3 is 2.66 bits per heavy atom. The molecule has 0 aliphatic carbocycles. The van der Waals surface area contributed by atoms with Crippen molar-refractivity contribution in [3.8, 4) is 0 Å². The molecule has 1 aromatic carbocycles. The predicted octanol–water partition coefficient (Wildman–Crippen LogP) is 3.55. The second kappa shape index (κ2) is 8.19. The van der Waals surface area contributed by atoms with Gasteiger partial charge in [0.25, 0.3) is 0 Å². The van der Waals surface area contributed by atoms with Crippen molar-refractivity contribution in [1.29, 1.82) is 0 Å². The SMILES string of the molecule is Cc1ccc(NC(=O)CCc2nnc3ccc(N4CCC(C)CC4)nn23)cc1C. The number of carbonyl (C=O) groups is 1. The summed E-state index contributed by atoms with van der Waals surface area (Å²) in [4.78, 5) is 14.7. The van der Waals surface area contributed by atoms with Gasteiger partial charge in [-0.2, -0.15) is 4.52 Å². The first kappa shape index (κ1) is 19.4. The molecular weight excluding hydrogens is 364 g/mol. The molecule has 0 spiro atoms. The fourth-order valence-corrected chi connectivity index (χ4v) is 3.65. The molecular formula is C22H28N6O. The first-order valence-corrected chi connectivity index (χ1v) is 10.3. The average Bonchev–Trinajstić information content (AvgIpc) is 3.12. The summed E-state index contributed by atoms with van der Waals surface area (Å²) in [7, 11) is 0. The van der Waals surface area contributed by atoms with Crippen LogP contribution in [0.5, 0.6) is 0 Å². The maximum atomic E-state index is 12.4. The van der Waals surface area contributed by atoms with Crippen LogP contribution in [0.1, 0.15) is 43.1 Å². The minimum atomic E-state index is -0.0359. The molecule has 0 bridgehead atoms. The van der Waals surface area contributed by atoms with Crippen molar-refractivity contribution in [2.45, 2.75) is 46.5 Å². The highest BCUT2D eigenvalue weighted by Crippen LogP contribution is 2.21. The van der Waals surface area contributed by atoms with Gasteiger partial charge in [-0.15, -0.1) is 15.3 Å². The van der Waals surface area contributed by atoms with Gasteiger partial charge >= 0.3 is 0 Å². The predicted molar refractivity (Wildman–Crippen MR) is 114 cm³/mol. The van der Waals surface area contributed by atoms with Crippen LogP contribution in [-0.2, 0) is 11.2 Å². The first-order valence-electron chi connectivity index (χ1n) is 10.3. The maximum absolute atomic E-state index is 12.4. The number of piperidine rings is 1. The van der Waals surface area contributed by atoms with E-state index in [1.807, 2.05) is 37.3 Å². The monoisotopic (exact) mass is 392 g/mol. The van der Waals surface area contributed by atoms with E-state index >= 15 is 0 Å². The molecule has 1 amide bonds. The van der Waals surface area contributed by atoms with Gasteiger partial charge in [0.05, 0.1) is 0 Å². The Kier molecular flexibility index (Phi) is 5.47. The Hall–Kier alpha value is -2.96. The highest BCUT2D eigenvalue weighted by atomic mass is 16.1. The number of anilines is 2. The molecule has 152 valence electrons. The summed E-state index contributed by atoms with van der Waals surface area (Å²) >= 11 is 0. The van der Waals surface area contributed by atoms with Crippen LogP contribution < -0.4 is 10.2 Å². The maximum Gasteiger partial charge on any atom is 0.224 e. The Morgan fingerprint density at radius 2 is 1.90 bits per heavy atom. The van der Waals surface area contributed by atoms with E-state index in [1.54, 1.807) is 4.52 Å². The quantitative estimate of drug-likeness (QED) is 0.719. The van der Waals surface area contributed by atoms with Gasteiger partial charge < -0.3 is 10.2 Å². The molecule has 0 saturated carbocycles. The fraction of sp³-hybridized carbons (Fsp3) is 0.455. The topological polar surface area (TPSA) is 75.4 Å². The van der Waals surface area contributed by atoms with Crippen LogP contribution in [-0.4, -0.2) is 38.8 Å². The number of benzene rings is 1. The zero-order valence-electron chi connectivity index (χ0n) is 17.4. The molecule has 1 aliphatic heterocycles. The molecule has 1 aliphatic rings. The van der Waals surface area contributed by atoms with Crippen molar-refractivity contribution >= 4 is 23.1 Å². The summed E-state index contributed by atoms with van der Waals surface area (Å²) in [5, 5.41) is 16.2. The van der Waals surface area contributed by atoms with E-state index < -0.39 is 0 Å². The molecule has 1 fully saturated rings. The highest BCUT2D eigenvalue weighted by Gasteiger charge is 2.18. The van der Waals surface area contributed by atoms with E-state index in [0.717, 1.165) is 36.1 Å². The smallest absolute Gasteiger partial charge is 0.224 e. The number of carbonyl (C=O) groups excluding carboxylic acids is 1. The van der Waals surface area contributed by atoms with E-state index in [2.05, 4.69) is 34.3 Å². The van der Waals surface area contributed by atoms with E-state index in [-0.39, 0.29) is 5.91 Å². The van der Waals surface area contributed by atoms with E-state index in [0.29, 0.717) is 24.3 Å². The lowest BCUT2D eigenvalue weighted by molar-refractivity contribution is -0.116. The van der Waals surface area contributed by atoms with Crippen molar-refractivity contribution in [1.82, 2.24) is 19.8 Å². The van der Waals surface area contributed by atoms with Gasteiger partial charge in [0, 0.05) is 31.6 Å². The average molecular weight is 393 g/mol. The van der Waals surface area contributed by atoms with Crippen LogP contribution in [0, 0.1) is 19.8 Å². The van der Waals surface area contributed by atoms with E-state index in [9.17, 15) is 4.79 Å². The number of amides is 1. The van der Waals surface area contributed by atoms with Gasteiger partial charge in [0.1, 0.15) is 5.82 Å². The Bertz CT molecular complexity index is 1020. The minimum Gasteiger partial charge on any atom is -0.355 e. The summed E-state index contributed by atoms with van der Waals surface area (Å²) in [5.41, 5.74) is 3.91. The largest absolute Gasteiger partial charge is 0.355 e. The third kappa shape index (κ3) is 4.39. The molecule has 29 heavy (non-hydrogen) atoms. The lowest BCUT2D eigenvalue weighted by Gasteiger charge is -2.30. The molecule has 0 unspecified atom stereocenters. The standard InChI is InChI=1S/C22H28N6O/c1-15-10-12-27(13-11-15)21-7-6-19-24-25-20(28(19)26-21)8-9-22(29)23-18-5-4-16(2)17(3)14-18/h4-7,14-15H,8-13H2,1-3H3,(H,23,29). The van der Waals surface area contributed by atoms with Gasteiger partial charge in [-0.05, 0) is 68.0 Å². The van der Waals surface area contributed by atoms with E-state index in [4.69, 9.17) is 5.10 Å². The van der Waals surface area contributed by atoms with Crippen LogP contribution in [0.25, 0.3) is 5.65 Å². The molecule has 1 saturated heterocycles. The number of hydrogen-bond acceptors (Lipinski definition) is 5. The molecule has 7 nitrogen and oxygen atoms in total. The second-order valence-corrected chi connectivity index (χ2v) is 8.09. The van der Waals surface area contributed by atoms with Crippen LogP contribution >= 0.6 is 0 Å². The molecule has 3 aromatic rings. The third-order valence-corrected chi connectivity index (χ3v) is 5.79. The van der Waals surface area contributed by atoms with Crippen LogP contribution in [0.15, 0.2) is 30.3 Å². The normalized spacial score (nSPS) is 15.1. The number of fused-ring (bicyclic) bond motifs is 1. The zero-order valence-corrected chi connectivity index (χ0v) is 17.4. The lowest BCUT2D eigenvalue weighted by Crippen LogP contribution is -2.33. The van der Waals surface area contributed by atoms with Crippen molar-refractivity contribution < 1.29 is 4.79 Å². The molecule has 0 radical (unpaired) electrons. The number of nitrogens with zero attached hydrogens (tertiary/aromatic N) is 5. The van der Waals surface area contributed by atoms with Crippen molar-refractivity contribution in [2.75, 3.05) is 23.3 Å². The number of aryl methyl sites for hydroxylation is 3. The van der Waals surface area contributed by atoms with Gasteiger partial charge in [-0.25, -0.2) is 0 Å². The number of aromatic nitrogens is 4. The summed E-state index contributed by atoms with van der Waals surface area (Å²) in [5.74, 6) is 2.40. The molecule has 2 aromatic heterocycles. The van der Waals surface area contributed by atoms with E-state index in [1.165, 1.54) is 18.4 Å². The highest BCUT2D eigenvalue weighted by molar-refractivity contribution is 5.90. The second-order valence-electron chi connectivity index (χ2n) is 8.09. The number of hydrogen-bond donors (Lipinski definition) is 1. The molecule has 4 rings (SSSR count). The number of rotatable bonds is 5. The Labute approximate surface area is 171 Å². The number of nitrogens with one attached hydrogen (secondary N) is 1. The van der Waals surface area contributed by atoms with Crippen molar-refractivity contribution in [2.24, 2.45) is 5.92 Å². The summed E-state index contributed by atoms with van der Waals surface area (Å²) in [6.45, 7) is 8.45. The summed E-state index contributed by atoms with van der Waals surface area (Å²) in [6.07, 6.45) is 3.20. The minimum absolute atomic E-state index is 0.0359. The first-order chi connectivity index (χ1) is 14.0. The van der Waals surface area contributed by atoms with Gasteiger partial charge in [-0.3, -0.25) is 4.79 Å². The lowest BCUT2D eigenvalue weighted by atomic mass is 9.99.